The number of nitrogens with zero attached hydrogens (tertiary/aromatic N) is 2. The maximum absolute atomic E-state index is 12.7. The van der Waals surface area contributed by atoms with Gasteiger partial charge in [0.25, 0.3) is 5.56 Å². The van der Waals surface area contributed by atoms with Crippen molar-refractivity contribution in [3.05, 3.63) is 58.3 Å². The van der Waals surface area contributed by atoms with Crippen molar-refractivity contribution >= 4 is 5.91 Å². The first kappa shape index (κ1) is 16.7. The lowest BCUT2D eigenvalue weighted by molar-refractivity contribution is -0.124. The molecule has 1 heterocycles. The molecule has 1 N–H and O–H groups in total. The predicted octanol–water partition coefficient (Wildman–Crippen LogP) is 1.45. The lowest BCUT2D eigenvalue weighted by Gasteiger charge is -2.14. The maximum Gasteiger partial charge on any atom is 0.267 e. The van der Waals surface area contributed by atoms with Crippen molar-refractivity contribution in [1.29, 1.82) is 0 Å². The highest BCUT2D eigenvalue weighted by Crippen LogP contribution is 2.10. The third-order valence-electron chi connectivity index (χ3n) is 3.19. The van der Waals surface area contributed by atoms with Crippen LogP contribution in [-0.2, 0) is 4.79 Å². The molecule has 1 aromatic carbocycles. The minimum absolute atomic E-state index is 0.236. The van der Waals surface area contributed by atoms with Crippen LogP contribution in [0, 0.1) is 12.7 Å². The van der Waals surface area contributed by atoms with E-state index >= 15 is 0 Å². The summed E-state index contributed by atoms with van der Waals surface area (Å²) in [5.41, 5.74) is 0.324. The Hall–Kier alpha value is -2.70. The molecule has 0 unspecified atom stereocenters. The van der Waals surface area contributed by atoms with Gasteiger partial charge >= 0.3 is 0 Å². The molecule has 0 saturated carbocycles. The van der Waals surface area contributed by atoms with Gasteiger partial charge in [0.1, 0.15) is 24.2 Å². The molecule has 0 aliphatic heterocycles. The molecule has 1 aromatic heterocycles. The van der Waals surface area contributed by atoms with E-state index in [1.165, 1.54) is 30.3 Å². The Morgan fingerprint density at radius 3 is 2.70 bits per heavy atom. The van der Waals surface area contributed by atoms with Crippen molar-refractivity contribution < 1.29 is 13.9 Å². The van der Waals surface area contributed by atoms with Gasteiger partial charge in [0.15, 0.2) is 0 Å². The van der Waals surface area contributed by atoms with Gasteiger partial charge in [-0.05, 0) is 44.2 Å². The highest BCUT2D eigenvalue weighted by molar-refractivity contribution is 5.79. The number of aryl methyl sites for hydroxylation is 1. The summed E-state index contributed by atoms with van der Waals surface area (Å²) in [5, 5.41) is 6.73. The van der Waals surface area contributed by atoms with Crippen LogP contribution in [0.15, 0.2) is 41.2 Å². The lowest BCUT2D eigenvalue weighted by atomic mass is 10.3. The second kappa shape index (κ2) is 7.53. The van der Waals surface area contributed by atoms with E-state index in [1.54, 1.807) is 19.9 Å². The molecule has 122 valence electrons. The quantitative estimate of drug-likeness (QED) is 0.818. The van der Waals surface area contributed by atoms with E-state index in [0.717, 1.165) is 4.68 Å². The van der Waals surface area contributed by atoms with E-state index in [1.807, 2.05) is 0 Å². The minimum Gasteiger partial charge on any atom is -0.492 e. The Morgan fingerprint density at radius 2 is 2.00 bits per heavy atom. The fraction of sp³-hybridized carbons (Fsp3) is 0.312. The Kier molecular flexibility index (Phi) is 5.46. The van der Waals surface area contributed by atoms with E-state index in [-0.39, 0.29) is 30.4 Å². The number of amides is 1. The molecule has 0 radical (unpaired) electrons. The molecule has 1 amide bonds. The lowest BCUT2D eigenvalue weighted by Crippen LogP contribution is -2.38. The standard InChI is InChI=1S/C16H18FN3O3/c1-11-3-8-15(21)20(19-11)12(2)16(22)18-9-10-23-14-6-4-13(17)5-7-14/h3-8,12H,9-10H2,1-2H3,(H,18,22)/t12-/m0/s1. The van der Waals surface area contributed by atoms with Crippen LogP contribution in [0.1, 0.15) is 18.7 Å². The third-order valence-corrected chi connectivity index (χ3v) is 3.19. The summed E-state index contributed by atoms with van der Waals surface area (Å²) in [6.07, 6.45) is 0. The monoisotopic (exact) mass is 319 g/mol. The molecule has 2 aromatic rings. The molecule has 7 heteroatoms. The SMILES string of the molecule is Cc1ccc(=O)n([C@@H](C)C(=O)NCCOc2ccc(F)cc2)n1. The summed E-state index contributed by atoms with van der Waals surface area (Å²) in [6, 6.07) is 7.88. The molecule has 23 heavy (non-hydrogen) atoms. The average molecular weight is 319 g/mol. The zero-order valence-electron chi connectivity index (χ0n) is 13.0. The molecule has 1 atom stereocenters. The van der Waals surface area contributed by atoms with Crippen LogP contribution in [0.5, 0.6) is 5.75 Å². The molecular weight excluding hydrogens is 301 g/mol. The molecule has 0 spiro atoms. The average Bonchev–Trinajstić information content (AvgIpc) is 2.54. The number of nitrogens with one attached hydrogen (secondary N) is 1. The van der Waals surface area contributed by atoms with Crippen LogP contribution in [0.25, 0.3) is 0 Å². The molecule has 6 nitrogen and oxygen atoms in total. The van der Waals surface area contributed by atoms with Gasteiger partial charge in [-0.1, -0.05) is 0 Å². The van der Waals surface area contributed by atoms with Gasteiger partial charge in [-0.15, -0.1) is 0 Å². The summed E-state index contributed by atoms with van der Waals surface area (Å²) >= 11 is 0. The van der Waals surface area contributed by atoms with Gasteiger partial charge in [0.2, 0.25) is 5.91 Å². The topological polar surface area (TPSA) is 73.2 Å². The van der Waals surface area contributed by atoms with Crippen molar-refractivity contribution in [2.24, 2.45) is 0 Å². The highest BCUT2D eigenvalue weighted by Gasteiger charge is 2.16. The van der Waals surface area contributed by atoms with Gasteiger partial charge in [0, 0.05) is 6.07 Å². The molecule has 0 aliphatic carbocycles. The number of benzene rings is 1. The Morgan fingerprint density at radius 1 is 1.30 bits per heavy atom. The predicted molar refractivity (Wildman–Crippen MR) is 82.8 cm³/mol. The van der Waals surface area contributed by atoms with Gasteiger partial charge in [0.05, 0.1) is 12.2 Å². The van der Waals surface area contributed by atoms with Crippen molar-refractivity contribution in [3.63, 3.8) is 0 Å². The fourth-order valence-corrected chi connectivity index (χ4v) is 1.93. The zero-order chi connectivity index (χ0) is 16.8. The van der Waals surface area contributed by atoms with Crippen LogP contribution in [0.3, 0.4) is 0 Å². The van der Waals surface area contributed by atoms with E-state index in [0.29, 0.717) is 11.4 Å². The van der Waals surface area contributed by atoms with Gasteiger partial charge in [-0.3, -0.25) is 9.59 Å². The van der Waals surface area contributed by atoms with Crippen LogP contribution in [-0.4, -0.2) is 28.8 Å². The van der Waals surface area contributed by atoms with Crippen molar-refractivity contribution in [1.82, 2.24) is 15.1 Å². The minimum atomic E-state index is -0.715. The Labute approximate surface area is 132 Å². The first-order valence-electron chi connectivity index (χ1n) is 7.20. The number of halogens is 1. The van der Waals surface area contributed by atoms with E-state index in [4.69, 9.17) is 4.74 Å². The normalized spacial score (nSPS) is 11.8. The largest absolute Gasteiger partial charge is 0.492 e. The van der Waals surface area contributed by atoms with Crippen LogP contribution in [0.4, 0.5) is 4.39 Å². The molecule has 0 saturated heterocycles. The Bertz CT molecular complexity index is 728. The third kappa shape index (κ3) is 4.64. The van der Waals surface area contributed by atoms with Crippen molar-refractivity contribution in [2.75, 3.05) is 13.2 Å². The number of ether oxygens (including phenoxy) is 1. The summed E-state index contributed by atoms with van der Waals surface area (Å²) in [6.45, 7) is 3.85. The first-order chi connectivity index (χ1) is 11.0. The van der Waals surface area contributed by atoms with Gasteiger partial charge in [-0.25, -0.2) is 9.07 Å². The summed E-state index contributed by atoms with van der Waals surface area (Å²) < 4.78 is 19.3. The number of aromatic nitrogens is 2. The van der Waals surface area contributed by atoms with E-state index in [2.05, 4.69) is 10.4 Å². The number of hydrogen-bond acceptors (Lipinski definition) is 4. The van der Waals surface area contributed by atoms with E-state index in [9.17, 15) is 14.0 Å². The second-order valence-corrected chi connectivity index (χ2v) is 5.03. The van der Waals surface area contributed by atoms with Gasteiger partial charge in [-0.2, -0.15) is 5.10 Å². The summed E-state index contributed by atoms with van der Waals surface area (Å²) in [7, 11) is 0. The summed E-state index contributed by atoms with van der Waals surface area (Å²) in [4.78, 5) is 23.8. The van der Waals surface area contributed by atoms with Crippen LogP contribution in [0.2, 0.25) is 0 Å². The highest BCUT2D eigenvalue weighted by atomic mass is 19.1. The number of hydrogen-bond donors (Lipinski definition) is 1. The molecular formula is C16H18FN3O3. The van der Waals surface area contributed by atoms with Crippen molar-refractivity contribution in [2.45, 2.75) is 19.9 Å². The number of carbonyl (C=O) groups is 1. The first-order valence-corrected chi connectivity index (χ1v) is 7.20. The molecule has 0 bridgehead atoms. The molecule has 0 fully saturated rings. The zero-order valence-corrected chi connectivity index (χ0v) is 13.0. The number of carbonyl (C=O) groups excluding carboxylic acids is 1. The molecule has 2 rings (SSSR count). The molecule has 0 aliphatic rings. The second-order valence-electron chi connectivity index (χ2n) is 5.03. The summed E-state index contributed by atoms with van der Waals surface area (Å²) in [5.74, 6) is -0.145. The smallest absolute Gasteiger partial charge is 0.267 e. The Balaban J connectivity index is 1.83. The van der Waals surface area contributed by atoms with Crippen LogP contribution >= 0.6 is 0 Å². The fourth-order valence-electron chi connectivity index (χ4n) is 1.93. The van der Waals surface area contributed by atoms with Crippen molar-refractivity contribution in [3.8, 4) is 5.75 Å². The number of rotatable bonds is 6. The van der Waals surface area contributed by atoms with Gasteiger partial charge < -0.3 is 10.1 Å². The maximum atomic E-state index is 12.7. The van der Waals surface area contributed by atoms with E-state index < -0.39 is 6.04 Å². The van der Waals surface area contributed by atoms with Crippen LogP contribution < -0.4 is 15.6 Å².